The third kappa shape index (κ3) is 6.11. The molecule has 1 aromatic carbocycles. The third-order valence-corrected chi connectivity index (χ3v) is 4.20. The van der Waals surface area contributed by atoms with Crippen molar-refractivity contribution in [2.45, 2.75) is 51.4 Å². The third-order valence-electron chi connectivity index (χ3n) is 4.20. The summed E-state index contributed by atoms with van der Waals surface area (Å²) in [6.45, 7) is 0. The number of amides is 2. The Balaban J connectivity index is 1.75. The normalized spacial score (nSPS) is 14.7. The highest BCUT2D eigenvalue weighted by Crippen LogP contribution is 2.27. The lowest BCUT2D eigenvalue weighted by Gasteiger charge is -2.21. The monoisotopic (exact) mass is 313 g/mol. The lowest BCUT2D eigenvalue weighted by Crippen LogP contribution is -2.15. The van der Waals surface area contributed by atoms with Crippen LogP contribution in [0.5, 0.6) is 0 Å². The van der Waals surface area contributed by atoms with Crippen molar-refractivity contribution in [1.82, 2.24) is 0 Å². The second-order valence-corrected chi connectivity index (χ2v) is 6.05. The first kappa shape index (κ1) is 17.0. The van der Waals surface area contributed by atoms with Gasteiger partial charge in [0, 0.05) is 17.8 Å². The van der Waals surface area contributed by atoms with Crippen LogP contribution in [0.4, 0.5) is 11.4 Å². The maximum absolute atomic E-state index is 12.0. The molecule has 0 radical (unpaired) electrons. The molecule has 1 aromatic rings. The zero-order valence-corrected chi connectivity index (χ0v) is 13.3. The van der Waals surface area contributed by atoms with E-state index in [1.165, 1.54) is 32.1 Å². The fourth-order valence-corrected chi connectivity index (χ4v) is 2.95. The largest absolute Gasteiger partial charge is 0.326 e. The smallest absolute Gasteiger partial charge is 0.238 e. The Morgan fingerprint density at radius 3 is 2.13 bits per heavy atom. The van der Waals surface area contributed by atoms with Crippen LogP contribution >= 0.6 is 0 Å². The Morgan fingerprint density at radius 1 is 1.00 bits per heavy atom. The lowest BCUT2D eigenvalue weighted by atomic mass is 9.86. The highest BCUT2D eigenvalue weighted by Gasteiger charge is 2.14. The predicted molar refractivity (Wildman–Crippen MR) is 89.7 cm³/mol. The first-order valence-corrected chi connectivity index (χ1v) is 8.24. The van der Waals surface area contributed by atoms with Crippen LogP contribution in [0, 0.1) is 17.2 Å². The molecule has 1 fully saturated rings. The number of nitriles is 1. The van der Waals surface area contributed by atoms with Crippen LogP contribution in [-0.4, -0.2) is 11.8 Å². The molecule has 2 amide bonds. The predicted octanol–water partition coefficient (Wildman–Crippen LogP) is 3.84. The van der Waals surface area contributed by atoms with Crippen LogP contribution in [0.3, 0.4) is 0 Å². The molecule has 0 atom stereocenters. The van der Waals surface area contributed by atoms with Gasteiger partial charge in [-0.25, -0.2) is 0 Å². The van der Waals surface area contributed by atoms with Gasteiger partial charge in [0.25, 0.3) is 0 Å². The molecule has 0 saturated heterocycles. The molecule has 0 aromatic heterocycles. The Morgan fingerprint density at radius 2 is 1.57 bits per heavy atom. The number of rotatable bonds is 6. The fourth-order valence-electron chi connectivity index (χ4n) is 2.95. The summed E-state index contributed by atoms with van der Waals surface area (Å²) < 4.78 is 0. The van der Waals surface area contributed by atoms with E-state index < -0.39 is 0 Å². The van der Waals surface area contributed by atoms with Crippen molar-refractivity contribution in [3.05, 3.63) is 24.3 Å². The highest BCUT2D eigenvalue weighted by atomic mass is 16.2. The molecule has 0 unspecified atom stereocenters. The van der Waals surface area contributed by atoms with Gasteiger partial charge in [-0.3, -0.25) is 9.59 Å². The second kappa shape index (κ2) is 8.94. The number of hydrogen-bond donors (Lipinski definition) is 2. The molecule has 5 heteroatoms. The van der Waals surface area contributed by atoms with Crippen LogP contribution in [0.1, 0.15) is 51.4 Å². The molecule has 1 saturated carbocycles. The highest BCUT2D eigenvalue weighted by molar-refractivity contribution is 5.93. The molecule has 1 aliphatic rings. The quantitative estimate of drug-likeness (QED) is 0.837. The van der Waals surface area contributed by atoms with Gasteiger partial charge < -0.3 is 10.6 Å². The lowest BCUT2D eigenvalue weighted by molar-refractivity contribution is -0.117. The summed E-state index contributed by atoms with van der Waals surface area (Å²) in [5.41, 5.74) is 1.34. The molecular weight excluding hydrogens is 290 g/mol. The fraction of sp³-hybridized carbons (Fsp3) is 0.500. The molecule has 5 nitrogen and oxygen atoms in total. The van der Waals surface area contributed by atoms with Crippen molar-refractivity contribution in [2.75, 3.05) is 10.6 Å². The Labute approximate surface area is 137 Å². The zero-order valence-electron chi connectivity index (χ0n) is 13.3. The van der Waals surface area contributed by atoms with Gasteiger partial charge in [-0.05, 0) is 36.6 Å². The van der Waals surface area contributed by atoms with Crippen LogP contribution < -0.4 is 10.6 Å². The minimum Gasteiger partial charge on any atom is -0.326 e. The first-order chi connectivity index (χ1) is 11.2. The Kier molecular flexibility index (Phi) is 6.61. The van der Waals surface area contributed by atoms with Crippen molar-refractivity contribution >= 4 is 23.2 Å². The van der Waals surface area contributed by atoms with Gasteiger partial charge in [0.2, 0.25) is 11.8 Å². The topological polar surface area (TPSA) is 82.0 Å². The molecule has 2 rings (SSSR count). The van der Waals surface area contributed by atoms with E-state index in [-0.39, 0.29) is 18.2 Å². The van der Waals surface area contributed by atoms with Crippen LogP contribution in [0.25, 0.3) is 0 Å². The molecule has 0 bridgehead atoms. The molecule has 1 aliphatic carbocycles. The molecule has 2 N–H and O–H groups in total. The van der Waals surface area contributed by atoms with Crippen molar-refractivity contribution in [3.63, 3.8) is 0 Å². The van der Waals surface area contributed by atoms with E-state index in [2.05, 4.69) is 10.6 Å². The maximum Gasteiger partial charge on any atom is 0.238 e. The van der Waals surface area contributed by atoms with E-state index in [4.69, 9.17) is 5.26 Å². The Hall–Kier alpha value is -2.35. The maximum atomic E-state index is 12.0. The molecule has 23 heavy (non-hydrogen) atoms. The van der Waals surface area contributed by atoms with E-state index in [9.17, 15) is 9.59 Å². The summed E-state index contributed by atoms with van der Waals surface area (Å²) in [4.78, 5) is 23.3. The number of nitrogens with zero attached hydrogens (tertiary/aromatic N) is 1. The van der Waals surface area contributed by atoms with E-state index in [0.717, 1.165) is 12.1 Å². The average molecular weight is 313 g/mol. The summed E-state index contributed by atoms with van der Waals surface area (Å²) >= 11 is 0. The minimum absolute atomic E-state index is 0.0387. The van der Waals surface area contributed by atoms with E-state index in [0.29, 0.717) is 18.0 Å². The number of hydrogen-bond acceptors (Lipinski definition) is 3. The molecular formula is C18H23N3O2. The summed E-state index contributed by atoms with van der Waals surface area (Å²) in [7, 11) is 0. The number of nitrogens with one attached hydrogen (secondary N) is 2. The van der Waals surface area contributed by atoms with Gasteiger partial charge in [-0.2, -0.15) is 5.26 Å². The zero-order chi connectivity index (χ0) is 16.5. The summed E-state index contributed by atoms with van der Waals surface area (Å²) in [6.07, 6.45) is 7.80. The van der Waals surface area contributed by atoms with Gasteiger partial charge in [-0.15, -0.1) is 0 Å². The molecule has 0 spiro atoms. The van der Waals surface area contributed by atoms with Crippen molar-refractivity contribution in [1.29, 1.82) is 5.26 Å². The Bertz CT molecular complexity index is 569. The minimum atomic E-state index is -0.336. The molecule has 0 heterocycles. The summed E-state index contributed by atoms with van der Waals surface area (Å²) in [5, 5.41) is 13.9. The number of anilines is 2. The first-order valence-electron chi connectivity index (χ1n) is 8.24. The summed E-state index contributed by atoms with van der Waals surface area (Å²) in [5.74, 6) is 0.404. The van der Waals surface area contributed by atoms with Gasteiger partial charge in [0.05, 0.1) is 6.07 Å². The van der Waals surface area contributed by atoms with Gasteiger partial charge in [-0.1, -0.05) is 32.1 Å². The summed E-state index contributed by atoms with van der Waals surface area (Å²) in [6, 6.07) is 8.73. The molecule has 122 valence electrons. The van der Waals surface area contributed by atoms with Gasteiger partial charge in [0.1, 0.15) is 6.42 Å². The van der Waals surface area contributed by atoms with E-state index in [1.807, 2.05) is 0 Å². The number of benzene rings is 1. The second-order valence-electron chi connectivity index (χ2n) is 6.05. The van der Waals surface area contributed by atoms with Crippen LogP contribution in [0.2, 0.25) is 0 Å². The van der Waals surface area contributed by atoms with Crippen molar-refractivity contribution in [3.8, 4) is 6.07 Å². The van der Waals surface area contributed by atoms with Gasteiger partial charge >= 0.3 is 0 Å². The van der Waals surface area contributed by atoms with Crippen LogP contribution in [-0.2, 0) is 9.59 Å². The number of carbonyl (C=O) groups excluding carboxylic acids is 2. The van der Waals surface area contributed by atoms with E-state index >= 15 is 0 Å². The van der Waals surface area contributed by atoms with E-state index in [1.54, 1.807) is 30.3 Å². The van der Waals surface area contributed by atoms with Gasteiger partial charge in [0.15, 0.2) is 0 Å². The number of carbonyl (C=O) groups is 2. The standard InChI is InChI=1S/C18H23N3O2/c19-13-12-18(23)21-16-9-7-15(8-10-16)20-17(22)11-6-14-4-2-1-3-5-14/h7-10,14H,1-6,11-12H2,(H,20,22)(H,21,23). The van der Waals surface area contributed by atoms with Crippen molar-refractivity contribution in [2.24, 2.45) is 5.92 Å². The average Bonchev–Trinajstić information content (AvgIpc) is 2.56. The van der Waals surface area contributed by atoms with Crippen molar-refractivity contribution < 1.29 is 9.59 Å². The van der Waals surface area contributed by atoms with Crippen LogP contribution in [0.15, 0.2) is 24.3 Å². The molecule has 0 aliphatic heterocycles. The SMILES string of the molecule is N#CCC(=O)Nc1ccc(NC(=O)CCC2CCCCC2)cc1.